The summed E-state index contributed by atoms with van der Waals surface area (Å²) < 4.78 is 5.70. The van der Waals surface area contributed by atoms with Crippen molar-refractivity contribution in [2.24, 2.45) is 0 Å². The van der Waals surface area contributed by atoms with Crippen LogP contribution in [0.25, 0.3) is 0 Å². The lowest BCUT2D eigenvalue weighted by molar-refractivity contribution is -0.142. The number of carbonyl (C=O) groups is 1. The summed E-state index contributed by atoms with van der Waals surface area (Å²) in [5, 5.41) is 9.78. The van der Waals surface area contributed by atoms with Gasteiger partial charge in [-0.15, -0.1) is 0 Å². The first-order valence-electron chi connectivity index (χ1n) is 7.45. The number of piperidine rings is 1. The molecule has 1 saturated heterocycles. The van der Waals surface area contributed by atoms with E-state index in [1.54, 1.807) is 31.2 Å². The van der Waals surface area contributed by atoms with Crippen LogP contribution in [0.15, 0.2) is 24.3 Å². The van der Waals surface area contributed by atoms with Crippen molar-refractivity contribution in [3.8, 4) is 5.75 Å². The zero-order chi connectivity index (χ0) is 15.2. The maximum atomic E-state index is 12.5. The molecule has 2 atom stereocenters. The molecule has 1 aromatic carbocycles. The molecule has 0 aromatic heterocycles. The summed E-state index contributed by atoms with van der Waals surface area (Å²) >= 11 is 5.83. The highest BCUT2D eigenvalue weighted by atomic mass is 35.5. The third kappa shape index (κ3) is 4.35. The molecule has 2 rings (SSSR count). The van der Waals surface area contributed by atoms with Crippen LogP contribution in [-0.4, -0.2) is 41.2 Å². The van der Waals surface area contributed by atoms with Gasteiger partial charge in [-0.3, -0.25) is 4.79 Å². The van der Waals surface area contributed by atoms with E-state index in [-0.39, 0.29) is 18.6 Å². The highest BCUT2D eigenvalue weighted by Crippen LogP contribution is 2.22. The van der Waals surface area contributed by atoms with E-state index in [2.05, 4.69) is 0 Å². The van der Waals surface area contributed by atoms with Crippen LogP contribution in [0.5, 0.6) is 5.75 Å². The summed E-state index contributed by atoms with van der Waals surface area (Å²) in [5.74, 6) is 0.624. The summed E-state index contributed by atoms with van der Waals surface area (Å²) in [5.41, 5.74) is 0. The molecule has 4 nitrogen and oxygen atoms in total. The molecule has 0 aliphatic carbocycles. The first-order chi connectivity index (χ1) is 10.1. The molecule has 21 heavy (non-hydrogen) atoms. The van der Waals surface area contributed by atoms with E-state index in [1.165, 1.54) is 0 Å². The van der Waals surface area contributed by atoms with Gasteiger partial charge in [0.1, 0.15) is 5.75 Å². The van der Waals surface area contributed by atoms with E-state index in [4.69, 9.17) is 21.4 Å². The molecule has 1 amide bonds. The van der Waals surface area contributed by atoms with Gasteiger partial charge in [0.2, 0.25) is 0 Å². The largest absolute Gasteiger partial charge is 0.481 e. The minimum Gasteiger partial charge on any atom is -0.481 e. The summed E-state index contributed by atoms with van der Waals surface area (Å²) in [6.07, 6.45) is 3.19. The normalized spacial score (nSPS) is 20.1. The highest BCUT2D eigenvalue weighted by Gasteiger charge is 2.30. The van der Waals surface area contributed by atoms with Crippen molar-refractivity contribution < 1.29 is 14.6 Å². The summed E-state index contributed by atoms with van der Waals surface area (Å²) in [6.45, 7) is 2.63. The van der Waals surface area contributed by atoms with Gasteiger partial charge in [0.25, 0.3) is 5.91 Å². The lowest BCUT2D eigenvalue weighted by Gasteiger charge is -2.37. The number of amides is 1. The van der Waals surface area contributed by atoms with Crippen LogP contribution in [0.1, 0.15) is 32.6 Å². The fourth-order valence-corrected chi connectivity index (χ4v) is 2.87. The van der Waals surface area contributed by atoms with Crippen LogP contribution >= 0.6 is 11.6 Å². The number of halogens is 1. The summed E-state index contributed by atoms with van der Waals surface area (Å²) in [4.78, 5) is 14.4. The molecule has 0 bridgehead atoms. The Morgan fingerprint density at radius 3 is 2.81 bits per heavy atom. The van der Waals surface area contributed by atoms with Gasteiger partial charge in [-0.1, -0.05) is 11.6 Å². The third-order valence-electron chi connectivity index (χ3n) is 3.85. The molecule has 5 heteroatoms. The molecule has 0 spiro atoms. The van der Waals surface area contributed by atoms with Crippen molar-refractivity contribution in [2.75, 3.05) is 13.2 Å². The van der Waals surface area contributed by atoms with Gasteiger partial charge in [-0.05, 0) is 56.9 Å². The van der Waals surface area contributed by atoms with Gasteiger partial charge >= 0.3 is 0 Å². The third-order valence-corrected chi connectivity index (χ3v) is 4.10. The highest BCUT2D eigenvalue weighted by molar-refractivity contribution is 6.30. The van der Waals surface area contributed by atoms with Gasteiger partial charge in [0, 0.05) is 24.2 Å². The second kappa shape index (κ2) is 7.66. The van der Waals surface area contributed by atoms with Gasteiger partial charge < -0.3 is 14.7 Å². The Morgan fingerprint density at radius 2 is 2.14 bits per heavy atom. The van der Waals surface area contributed by atoms with E-state index < -0.39 is 6.10 Å². The molecule has 1 aromatic rings. The quantitative estimate of drug-likeness (QED) is 0.909. The topological polar surface area (TPSA) is 49.8 Å². The minimum atomic E-state index is -0.537. The summed E-state index contributed by atoms with van der Waals surface area (Å²) in [7, 11) is 0. The number of hydrogen-bond acceptors (Lipinski definition) is 3. The predicted molar refractivity (Wildman–Crippen MR) is 82.6 cm³/mol. The molecule has 1 aliphatic rings. The Kier molecular flexibility index (Phi) is 5.88. The molecule has 1 heterocycles. The van der Waals surface area contributed by atoms with Gasteiger partial charge in [-0.25, -0.2) is 0 Å². The molecular weight excluding hydrogens is 290 g/mol. The Labute approximate surface area is 130 Å². The number of carbonyl (C=O) groups excluding carboxylic acids is 1. The van der Waals surface area contributed by atoms with E-state index in [0.717, 1.165) is 25.8 Å². The van der Waals surface area contributed by atoms with E-state index >= 15 is 0 Å². The first-order valence-corrected chi connectivity index (χ1v) is 7.83. The number of rotatable bonds is 5. The average molecular weight is 312 g/mol. The predicted octanol–water partition coefficient (Wildman–Crippen LogP) is 2.87. The van der Waals surface area contributed by atoms with Crippen LogP contribution in [0.2, 0.25) is 5.02 Å². The standard InChI is InChI=1S/C16H22ClNO3/c1-12(21-15-7-5-13(17)6-8-15)16(20)18-10-3-2-4-14(18)9-11-19/h5-8,12,14,19H,2-4,9-11H2,1H3. The van der Waals surface area contributed by atoms with E-state index in [9.17, 15) is 4.79 Å². The molecule has 1 fully saturated rings. The first kappa shape index (κ1) is 16.1. The molecule has 0 radical (unpaired) electrons. The van der Waals surface area contributed by atoms with Crippen molar-refractivity contribution in [2.45, 2.75) is 44.8 Å². The number of likely N-dealkylation sites (tertiary alicyclic amines) is 1. The van der Waals surface area contributed by atoms with Crippen molar-refractivity contribution >= 4 is 17.5 Å². The minimum absolute atomic E-state index is 0.0110. The van der Waals surface area contributed by atoms with Crippen LogP contribution < -0.4 is 4.74 Å². The van der Waals surface area contributed by atoms with Crippen LogP contribution in [0.3, 0.4) is 0 Å². The monoisotopic (exact) mass is 311 g/mol. The van der Waals surface area contributed by atoms with Gasteiger partial charge in [0.15, 0.2) is 6.10 Å². The second-order valence-electron chi connectivity index (χ2n) is 5.41. The zero-order valence-electron chi connectivity index (χ0n) is 12.3. The van der Waals surface area contributed by atoms with Crippen LogP contribution in [0.4, 0.5) is 0 Å². The number of aliphatic hydroxyl groups excluding tert-OH is 1. The molecule has 0 saturated carbocycles. The molecule has 2 unspecified atom stereocenters. The average Bonchev–Trinajstić information content (AvgIpc) is 2.50. The Hall–Kier alpha value is -1.26. The molecule has 1 aliphatic heterocycles. The van der Waals surface area contributed by atoms with E-state index in [1.807, 2.05) is 4.90 Å². The molecule has 116 valence electrons. The van der Waals surface area contributed by atoms with Gasteiger partial charge in [-0.2, -0.15) is 0 Å². The fraction of sp³-hybridized carbons (Fsp3) is 0.562. The Balaban J connectivity index is 1.98. The number of nitrogens with zero attached hydrogens (tertiary/aromatic N) is 1. The van der Waals surface area contributed by atoms with Crippen molar-refractivity contribution in [3.05, 3.63) is 29.3 Å². The zero-order valence-corrected chi connectivity index (χ0v) is 13.1. The number of benzene rings is 1. The van der Waals surface area contributed by atoms with Crippen molar-refractivity contribution in [3.63, 3.8) is 0 Å². The Bertz CT molecular complexity index is 461. The van der Waals surface area contributed by atoms with Crippen molar-refractivity contribution in [1.82, 2.24) is 4.90 Å². The number of hydrogen-bond donors (Lipinski definition) is 1. The molecular formula is C16H22ClNO3. The smallest absolute Gasteiger partial charge is 0.263 e. The lowest BCUT2D eigenvalue weighted by atomic mass is 9.99. The van der Waals surface area contributed by atoms with Crippen LogP contribution in [0, 0.1) is 0 Å². The fourth-order valence-electron chi connectivity index (χ4n) is 2.74. The SMILES string of the molecule is CC(Oc1ccc(Cl)cc1)C(=O)N1CCCCC1CCO. The van der Waals surface area contributed by atoms with Crippen molar-refractivity contribution in [1.29, 1.82) is 0 Å². The van der Waals surface area contributed by atoms with Crippen LogP contribution in [-0.2, 0) is 4.79 Å². The molecule has 1 N–H and O–H groups in total. The maximum Gasteiger partial charge on any atom is 0.263 e. The second-order valence-corrected chi connectivity index (χ2v) is 5.84. The number of aliphatic hydroxyl groups is 1. The Morgan fingerprint density at radius 1 is 1.43 bits per heavy atom. The maximum absolute atomic E-state index is 12.5. The lowest BCUT2D eigenvalue weighted by Crippen LogP contribution is -2.49. The van der Waals surface area contributed by atoms with Gasteiger partial charge in [0.05, 0.1) is 0 Å². The van der Waals surface area contributed by atoms with E-state index in [0.29, 0.717) is 17.2 Å². The summed E-state index contributed by atoms with van der Waals surface area (Å²) in [6, 6.07) is 7.13. The number of ether oxygens (including phenoxy) is 1.